The third-order valence-corrected chi connectivity index (χ3v) is 4.14. The number of amides is 2. The molecule has 0 aliphatic heterocycles. The number of nitrogens with one attached hydrogen (secondary N) is 4. The Bertz CT molecular complexity index is 526. The molecule has 161 valence electrons. The molecule has 0 bridgehead atoms. The van der Waals surface area contributed by atoms with Crippen LogP contribution in [0.15, 0.2) is 0 Å². The van der Waals surface area contributed by atoms with Crippen molar-refractivity contribution in [3.63, 3.8) is 0 Å². The first-order chi connectivity index (χ1) is 13.0. The fourth-order valence-corrected chi connectivity index (χ4v) is 2.50. The molecule has 10 heteroatoms. The molecule has 0 unspecified atom stereocenters. The lowest BCUT2D eigenvalue weighted by Gasteiger charge is -2.26. The third-order valence-electron chi connectivity index (χ3n) is 4.14. The van der Waals surface area contributed by atoms with Crippen molar-refractivity contribution in [1.29, 1.82) is 5.41 Å². The number of hydrogen-bond acceptors (Lipinski definition) is 6. The Kier molecular flexibility index (Phi) is 12.0. The first-order valence-corrected chi connectivity index (χ1v) is 9.49. The van der Waals surface area contributed by atoms with E-state index in [1.807, 2.05) is 13.8 Å². The van der Waals surface area contributed by atoms with Gasteiger partial charge >= 0.3 is 0 Å². The molecule has 4 atom stereocenters. The molecule has 0 saturated carbocycles. The molecule has 0 aromatic carbocycles. The summed E-state index contributed by atoms with van der Waals surface area (Å²) in [6.07, 6.45) is 1.88. The second kappa shape index (κ2) is 13.1. The minimum atomic E-state index is -1.16. The molecule has 9 N–H and O–H groups in total. The topological polar surface area (TPSA) is 183 Å². The normalized spacial score (nSPS) is 15.4. The number of hydrogen-bond donors (Lipinski definition) is 7. The van der Waals surface area contributed by atoms with Crippen LogP contribution in [0.25, 0.3) is 0 Å². The predicted octanol–water partition coefficient (Wildman–Crippen LogP) is -1.28. The van der Waals surface area contributed by atoms with Crippen LogP contribution >= 0.6 is 0 Å². The Balaban J connectivity index is 4.88. The molecule has 0 aromatic heterocycles. The van der Waals surface area contributed by atoms with Crippen LogP contribution < -0.4 is 27.4 Å². The smallest absolute Gasteiger partial charge is 0.243 e. The molecular formula is C18H35N6O4. The van der Waals surface area contributed by atoms with Crippen molar-refractivity contribution in [3.8, 4) is 0 Å². The zero-order valence-electron chi connectivity index (χ0n) is 17.1. The highest BCUT2D eigenvalue weighted by atomic mass is 16.3. The van der Waals surface area contributed by atoms with Crippen LogP contribution in [-0.4, -0.2) is 59.9 Å². The molecule has 10 nitrogen and oxygen atoms in total. The average Bonchev–Trinajstić information content (AvgIpc) is 2.61. The summed E-state index contributed by atoms with van der Waals surface area (Å²) in [4.78, 5) is 36.0. The minimum absolute atomic E-state index is 0.0979. The highest BCUT2D eigenvalue weighted by Gasteiger charge is 2.30. The van der Waals surface area contributed by atoms with Gasteiger partial charge < -0.3 is 32.5 Å². The monoisotopic (exact) mass is 399 g/mol. The van der Waals surface area contributed by atoms with E-state index in [1.165, 1.54) is 0 Å². The molecule has 0 spiro atoms. The Hall–Kier alpha value is -2.20. The van der Waals surface area contributed by atoms with Gasteiger partial charge in [0.05, 0.1) is 12.1 Å². The van der Waals surface area contributed by atoms with Crippen molar-refractivity contribution in [2.24, 2.45) is 23.3 Å². The van der Waals surface area contributed by atoms with Gasteiger partial charge in [-0.05, 0) is 31.1 Å². The Morgan fingerprint density at radius 3 is 2.21 bits per heavy atom. The van der Waals surface area contributed by atoms with Crippen LogP contribution in [-0.2, 0) is 14.4 Å². The standard InChI is InChI=1S/C18H35N6O4/c1-10(2)8-13(24-17(28)14(19)15(26)11(3)4)16(27)23-12(9-25)6-5-7-22-18(20)21/h10-15,26H,5-8,19H2,1-4H3,(H,23,27)(H,24,28)(H4,20,21,22)/t12-,13+,14+,15-/m1/s1. The summed E-state index contributed by atoms with van der Waals surface area (Å²) in [5.41, 5.74) is 11.0. The van der Waals surface area contributed by atoms with Gasteiger partial charge in [0.25, 0.3) is 0 Å². The van der Waals surface area contributed by atoms with Crippen molar-refractivity contribution in [2.45, 2.75) is 71.2 Å². The first-order valence-electron chi connectivity index (χ1n) is 9.49. The molecule has 0 heterocycles. The first kappa shape index (κ1) is 25.8. The van der Waals surface area contributed by atoms with E-state index in [9.17, 15) is 19.5 Å². The van der Waals surface area contributed by atoms with Crippen LogP contribution in [0.3, 0.4) is 0 Å². The van der Waals surface area contributed by atoms with Crippen LogP contribution in [0.2, 0.25) is 0 Å². The lowest BCUT2D eigenvalue weighted by atomic mass is 9.98. The van der Waals surface area contributed by atoms with Crippen molar-refractivity contribution in [1.82, 2.24) is 16.0 Å². The van der Waals surface area contributed by atoms with Gasteiger partial charge in [0.2, 0.25) is 18.1 Å². The molecule has 1 radical (unpaired) electrons. The van der Waals surface area contributed by atoms with Gasteiger partial charge in [-0.2, -0.15) is 0 Å². The number of aliphatic hydroxyl groups is 1. The number of carbonyl (C=O) groups excluding carboxylic acids is 3. The highest BCUT2D eigenvalue weighted by molar-refractivity contribution is 5.91. The fraction of sp³-hybridized carbons (Fsp3) is 0.778. The fourth-order valence-electron chi connectivity index (χ4n) is 2.50. The molecule has 0 rings (SSSR count). The Morgan fingerprint density at radius 1 is 1.14 bits per heavy atom. The van der Waals surface area contributed by atoms with Gasteiger partial charge in [0.15, 0.2) is 5.96 Å². The quantitative estimate of drug-likeness (QED) is 0.114. The maximum Gasteiger partial charge on any atom is 0.243 e. The number of aliphatic hydroxyl groups excluding tert-OH is 1. The maximum absolute atomic E-state index is 12.6. The SMILES string of the molecule is CC(C)C[C@H](NC(=O)[C@@H](N)[C@H](O)C(C)C)C(=O)N[C@@H]([C]=O)CCCNC(=N)N. The van der Waals surface area contributed by atoms with Crippen molar-refractivity contribution in [2.75, 3.05) is 6.54 Å². The summed E-state index contributed by atoms with van der Waals surface area (Å²) in [6.45, 7) is 7.65. The second-order valence-corrected chi connectivity index (χ2v) is 7.61. The lowest BCUT2D eigenvalue weighted by molar-refractivity contribution is -0.132. The number of guanidine groups is 1. The van der Waals surface area contributed by atoms with Crippen LogP contribution in [0.4, 0.5) is 0 Å². The zero-order valence-corrected chi connectivity index (χ0v) is 17.1. The van der Waals surface area contributed by atoms with E-state index in [4.69, 9.17) is 16.9 Å². The van der Waals surface area contributed by atoms with E-state index in [0.29, 0.717) is 25.8 Å². The van der Waals surface area contributed by atoms with Gasteiger partial charge in [-0.25, -0.2) is 0 Å². The highest BCUT2D eigenvalue weighted by Crippen LogP contribution is 2.09. The largest absolute Gasteiger partial charge is 0.391 e. The van der Waals surface area contributed by atoms with E-state index >= 15 is 0 Å². The number of rotatable bonds is 13. The van der Waals surface area contributed by atoms with Crippen molar-refractivity contribution < 1.29 is 19.5 Å². The lowest BCUT2D eigenvalue weighted by Crippen LogP contribution is -2.57. The van der Waals surface area contributed by atoms with E-state index in [-0.39, 0.29) is 17.8 Å². The van der Waals surface area contributed by atoms with Crippen LogP contribution in [0.1, 0.15) is 47.0 Å². The summed E-state index contributed by atoms with van der Waals surface area (Å²) in [7, 11) is 0. The zero-order chi connectivity index (χ0) is 21.9. The van der Waals surface area contributed by atoms with Gasteiger partial charge in [-0.15, -0.1) is 0 Å². The second-order valence-electron chi connectivity index (χ2n) is 7.61. The molecule has 0 aliphatic rings. The Morgan fingerprint density at radius 2 is 1.75 bits per heavy atom. The molecule has 0 saturated heterocycles. The molecule has 0 aromatic rings. The summed E-state index contributed by atoms with van der Waals surface area (Å²) in [6, 6.07) is -2.89. The van der Waals surface area contributed by atoms with Crippen LogP contribution in [0.5, 0.6) is 0 Å². The van der Waals surface area contributed by atoms with E-state index < -0.39 is 36.0 Å². The maximum atomic E-state index is 12.6. The molecule has 2 amide bonds. The van der Waals surface area contributed by atoms with E-state index in [1.54, 1.807) is 20.1 Å². The number of carbonyl (C=O) groups is 2. The third kappa shape index (κ3) is 10.2. The van der Waals surface area contributed by atoms with Crippen LogP contribution in [0, 0.1) is 17.2 Å². The summed E-state index contributed by atoms with van der Waals surface area (Å²) < 4.78 is 0. The minimum Gasteiger partial charge on any atom is -0.391 e. The molecule has 0 aliphatic carbocycles. The van der Waals surface area contributed by atoms with Gasteiger partial charge in [-0.3, -0.25) is 19.8 Å². The molecule has 0 fully saturated rings. The summed E-state index contributed by atoms with van der Waals surface area (Å²) in [5, 5.41) is 24.8. The average molecular weight is 400 g/mol. The van der Waals surface area contributed by atoms with E-state index in [2.05, 4.69) is 16.0 Å². The number of nitrogens with two attached hydrogens (primary N) is 2. The summed E-state index contributed by atoms with van der Waals surface area (Å²) >= 11 is 0. The molecule has 28 heavy (non-hydrogen) atoms. The van der Waals surface area contributed by atoms with Crippen molar-refractivity contribution in [3.05, 3.63) is 0 Å². The van der Waals surface area contributed by atoms with Gasteiger partial charge in [-0.1, -0.05) is 27.7 Å². The van der Waals surface area contributed by atoms with E-state index in [0.717, 1.165) is 0 Å². The summed E-state index contributed by atoms with van der Waals surface area (Å²) in [5.74, 6) is -1.42. The molecular weight excluding hydrogens is 364 g/mol. The predicted molar refractivity (Wildman–Crippen MR) is 107 cm³/mol. The van der Waals surface area contributed by atoms with Gasteiger partial charge in [0, 0.05) is 6.54 Å². The van der Waals surface area contributed by atoms with Crippen molar-refractivity contribution >= 4 is 24.1 Å². The van der Waals surface area contributed by atoms with Gasteiger partial charge in [0.1, 0.15) is 12.1 Å². The Labute approximate surface area is 166 Å².